The number of carbonyl (C=O) groups is 1. The summed E-state index contributed by atoms with van der Waals surface area (Å²) in [7, 11) is 1.64. The van der Waals surface area contributed by atoms with Gasteiger partial charge in [-0.1, -0.05) is 27.7 Å². The minimum atomic E-state index is -0.863. The smallest absolute Gasteiger partial charge is 0.309 e. The SMILES string of the molecule is COc1ccc2c(SC(C)(C)C)c(C(C)C(C)(C)C(=O)O)[nH]c2c1. The molecule has 4 nitrogen and oxygen atoms in total. The Morgan fingerprint density at radius 1 is 1.25 bits per heavy atom. The van der Waals surface area contributed by atoms with Crippen molar-refractivity contribution >= 4 is 28.6 Å². The van der Waals surface area contributed by atoms with E-state index < -0.39 is 11.4 Å². The summed E-state index contributed by atoms with van der Waals surface area (Å²) in [6, 6.07) is 5.95. The first-order valence-corrected chi connectivity index (χ1v) is 8.91. The van der Waals surface area contributed by atoms with E-state index in [2.05, 4.69) is 25.8 Å². The van der Waals surface area contributed by atoms with Gasteiger partial charge in [0.2, 0.25) is 0 Å². The van der Waals surface area contributed by atoms with Gasteiger partial charge in [-0.3, -0.25) is 4.79 Å². The highest BCUT2D eigenvalue weighted by Crippen LogP contribution is 2.46. The van der Waals surface area contributed by atoms with Gasteiger partial charge in [0.25, 0.3) is 0 Å². The highest BCUT2D eigenvalue weighted by Gasteiger charge is 2.37. The number of rotatable bonds is 5. The number of benzene rings is 1. The molecule has 0 aliphatic carbocycles. The predicted octanol–water partition coefficient (Wildman–Crippen LogP) is 5.28. The maximum atomic E-state index is 11.7. The van der Waals surface area contributed by atoms with Crippen LogP contribution >= 0.6 is 11.8 Å². The third-order valence-corrected chi connectivity index (χ3v) is 5.72. The number of thioether (sulfide) groups is 1. The zero-order valence-electron chi connectivity index (χ0n) is 15.5. The summed E-state index contributed by atoms with van der Waals surface area (Å²) in [5, 5.41) is 10.7. The van der Waals surface area contributed by atoms with E-state index in [1.54, 1.807) is 32.7 Å². The van der Waals surface area contributed by atoms with Gasteiger partial charge in [0.1, 0.15) is 5.75 Å². The number of carboxylic acid groups (broad SMARTS) is 1. The molecular weight excluding hydrogens is 322 g/mol. The minimum Gasteiger partial charge on any atom is -0.497 e. The zero-order valence-corrected chi connectivity index (χ0v) is 16.3. The van der Waals surface area contributed by atoms with E-state index in [0.717, 1.165) is 27.2 Å². The van der Waals surface area contributed by atoms with Gasteiger partial charge in [-0.15, -0.1) is 11.8 Å². The fourth-order valence-electron chi connectivity index (χ4n) is 2.57. The number of aromatic nitrogens is 1. The van der Waals surface area contributed by atoms with Crippen molar-refractivity contribution < 1.29 is 14.6 Å². The lowest BCUT2D eigenvalue weighted by atomic mass is 9.78. The van der Waals surface area contributed by atoms with Crippen LogP contribution in [-0.4, -0.2) is 27.9 Å². The van der Waals surface area contributed by atoms with Crippen LogP contribution in [0.25, 0.3) is 10.9 Å². The molecule has 0 saturated heterocycles. The lowest BCUT2D eigenvalue weighted by Gasteiger charge is -2.28. The van der Waals surface area contributed by atoms with Crippen LogP contribution in [0.3, 0.4) is 0 Å². The number of ether oxygens (including phenoxy) is 1. The van der Waals surface area contributed by atoms with E-state index in [1.807, 2.05) is 25.1 Å². The first kappa shape index (κ1) is 18.7. The molecule has 2 aromatic rings. The van der Waals surface area contributed by atoms with Crippen LogP contribution < -0.4 is 4.74 Å². The van der Waals surface area contributed by atoms with E-state index >= 15 is 0 Å². The van der Waals surface area contributed by atoms with Crippen molar-refractivity contribution in [2.45, 2.75) is 57.1 Å². The number of aliphatic carboxylic acids is 1. The summed E-state index contributed by atoms with van der Waals surface area (Å²) in [6.07, 6.45) is 0. The molecule has 0 amide bonds. The molecule has 0 saturated carbocycles. The van der Waals surface area contributed by atoms with Crippen LogP contribution in [-0.2, 0) is 4.79 Å². The maximum absolute atomic E-state index is 11.7. The molecule has 0 aliphatic heterocycles. The summed E-state index contributed by atoms with van der Waals surface area (Å²) < 4.78 is 5.34. The summed E-state index contributed by atoms with van der Waals surface area (Å²) >= 11 is 1.77. The summed E-state index contributed by atoms with van der Waals surface area (Å²) in [6.45, 7) is 12.0. The average Bonchev–Trinajstić information content (AvgIpc) is 2.81. The highest BCUT2D eigenvalue weighted by atomic mass is 32.2. The van der Waals surface area contributed by atoms with Gasteiger partial charge in [-0.05, 0) is 26.0 Å². The summed E-state index contributed by atoms with van der Waals surface area (Å²) in [5.74, 6) is -0.163. The Bertz CT molecular complexity index is 756. The molecule has 0 radical (unpaired) electrons. The van der Waals surface area contributed by atoms with Crippen molar-refractivity contribution in [1.29, 1.82) is 0 Å². The Morgan fingerprint density at radius 2 is 1.88 bits per heavy atom. The van der Waals surface area contributed by atoms with Gasteiger partial charge in [-0.2, -0.15) is 0 Å². The van der Waals surface area contributed by atoms with E-state index in [0.29, 0.717) is 0 Å². The topological polar surface area (TPSA) is 62.3 Å². The molecule has 2 rings (SSSR count). The second kappa shape index (κ2) is 6.36. The van der Waals surface area contributed by atoms with Gasteiger partial charge in [0.05, 0.1) is 18.0 Å². The molecule has 1 heterocycles. The van der Waals surface area contributed by atoms with Crippen molar-refractivity contribution in [3.63, 3.8) is 0 Å². The molecule has 132 valence electrons. The molecular formula is C19H27NO3S. The Hall–Kier alpha value is -1.62. The van der Waals surface area contributed by atoms with Crippen molar-refractivity contribution in [1.82, 2.24) is 4.98 Å². The fraction of sp³-hybridized carbons (Fsp3) is 0.526. The minimum absolute atomic E-state index is 0.0247. The fourth-order valence-corrected chi connectivity index (χ4v) is 3.80. The Kier molecular flexibility index (Phi) is 4.96. The van der Waals surface area contributed by atoms with Crippen LogP contribution in [0.1, 0.15) is 53.2 Å². The second-order valence-electron chi connectivity index (χ2n) is 7.74. The third-order valence-electron chi connectivity index (χ3n) is 4.46. The van der Waals surface area contributed by atoms with Crippen molar-refractivity contribution in [2.24, 2.45) is 5.41 Å². The number of aromatic amines is 1. The Balaban J connectivity index is 2.66. The number of nitrogens with one attached hydrogen (secondary N) is 1. The van der Waals surface area contributed by atoms with E-state index in [9.17, 15) is 9.90 Å². The molecule has 1 atom stereocenters. The standard InChI is InChI=1S/C19H27NO3S/c1-11(19(5,6)17(21)22)15-16(24-18(2,3)4)13-9-8-12(23-7)10-14(13)20-15/h8-11,20H,1-7H3,(H,21,22). The van der Waals surface area contributed by atoms with E-state index in [4.69, 9.17) is 4.74 Å². The molecule has 2 N–H and O–H groups in total. The third kappa shape index (κ3) is 3.56. The van der Waals surface area contributed by atoms with Crippen molar-refractivity contribution in [3.05, 3.63) is 23.9 Å². The molecule has 0 spiro atoms. The lowest BCUT2D eigenvalue weighted by Crippen LogP contribution is -2.30. The van der Waals surface area contributed by atoms with Crippen LogP contribution in [0.5, 0.6) is 5.75 Å². The van der Waals surface area contributed by atoms with Crippen LogP contribution in [0.4, 0.5) is 0 Å². The summed E-state index contributed by atoms with van der Waals surface area (Å²) in [5.41, 5.74) is 1.09. The molecule has 1 aromatic heterocycles. The largest absolute Gasteiger partial charge is 0.497 e. The molecule has 5 heteroatoms. The first-order valence-electron chi connectivity index (χ1n) is 8.09. The molecule has 0 aliphatic rings. The number of hydrogen-bond acceptors (Lipinski definition) is 3. The van der Waals surface area contributed by atoms with Crippen molar-refractivity contribution in [2.75, 3.05) is 7.11 Å². The van der Waals surface area contributed by atoms with Gasteiger partial charge < -0.3 is 14.8 Å². The van der Waals surface area contributed by atoms with Crippen LogP contribution in [0.2, 0.25) is 0 Å². The number of carboxylic acids is 1. The molecule has 0 fully saturated rings. The Morgan fingerprint density at radius 3 is 2.38 bits per heavy atom. The van der Waals surface area contributed by atoms with Crippen molar-refractivity contribution in [3.8, 4) is 5.75 Å². The highest BCUT2D eigenvalue weighted by molar-refractivity contribution is 8.00. The molecule has 1 aromatic carbocycles. The average molecular weight is 349 g/mol. The number of hydrogen-bond donors (Lipinski definition) is 2. The molecule has 0 bridgehead atoms. The van der Waals surface area contributed by atoms with E-state index in [1.165, 1.54) is 0 Å². The second-order valence-corrected chi connectivity index (χ2v) is 9.58. The summed E-state index contributed by atoms with van der Waals surface area (Å²) in [4.78, 5) is 16.3. The van der Waals surface area contributed by atoms with Gasteiger partial charge in [0.15, 0.2) is 0 Å². The predicted molar refractivity (Wildman–Crippen MR) is 100 cm³/mol. The van der Waals surface area contributed by atoms with Crippen LogP contribution in [0, 0.1) is 5.41 Å². The van der Waals surface area contributed by atoms with Gasteiger partial charge in [0, 0.05) is 32.7 Å². The maximum Gasteiger partial charge on any atom is 0.309 e. The normalized spacial score (nSPS) is 14.0. The Labute approximate surface area is 148 Å². The number of H-pyrrole nitrogens is 1. The monoisotopic (exact) mass is 349 g/mol. The number of methoxy groups -OCH3 is 1. The number of fused-ring (bicyclic) bond motifs is 1. The first-order chi connectivity index (χ1) is 11.0. The van der Waals surface area contributed by atoms with Gasteiger partial charge >= 0.3 is 5.97 Å². The van der Waals surface area contributed by atoms with Crippen LogP contribution in [0.15, 0.2) is 23.1 Å². The van der Waals surface area contributed by atoms with E-state index in [-0.39, 0.29) is 10.7 Å². The lowest BCUT2D eigenvalue weighted by molar-refractivity contribution is -0.148. The zero-order chi connectivity index (χ0) is 18.3. The quantitative estimate of drug-likeness (QED) is 0.721. The molecule has 1 unspecified atom stereocenters. The van der Waals surface area contributed by atoms with Gasteiger partial charge in [-0.25, -0.2) is 0 Å². The molecule has 24 heavy (non-hydrogen) atoms.